The molecule has 0 aliphatic carbocycles. The van der Waals surface area contributed by atoms with Crippen molar-refractivity contribution in [1.82, 2.24) is 5.16 Å². The summed E-state index contributed by atoms with van der Waals surface area (Å²) in [6.45, 7) is 1.80. The molecule has 3 aromatic rings. The summed E-state index contributed by atoms with van der Waals surface area (Å²) in [5, 5.41) is 17.5. The number of nitrogens with zero attached hydrogens (tertiary/aromatic N) is 1. The number of carbonyl (C=O) groups excluding carboxylic acids is 1. The molecule has 2 heterocycles. The van der Waals surface area contributed by atoms with Gasteiger partial charge in [-0.15, -0.1) is 11.3 Å². The number of carboxylic acids is 1. The fourth-order valence-corrected chi connectivity index (χ4v) is 2.87. The molecule has 116 valence electrons. The van der Waals surface area contributed by atoms with Crippen LogP contribution in [0, 0.1) is 6.92 Å². The molecule has 0 aliphatic rings. The Hall–Kier alpha value is -2.93. The molecule has 7 heteroatoms. The number of thiophene rings is 1. The highest BCUT2D eigenvalue weighted by atomic mass is 32.1. The average Bonchev–Trinajstić information content (AvgIpc) is 3.16. The first kappa shape index (κ1) is 15.0. The van der Waals surface area contributed by atoms with Crippen molar-refractivity contribution < 1.29 is 19.2 Å². The topological polar surface area (TPSA) is 92.4 Å². The van der Waals surface area contributed by atoms with E-state index in [1.807, 2.05) is 6.07 Å². The third kappa shape index (κ3) is 2.86. The minimum atomic E-state index is -1.21. The molecule has 0 radical (unpaired) electrons. The zero-order valence-corrected chi connectivity index (χ0v) is 12.9. The van der Waals surface area contributed by atoms with Crippen LogP contribution in [-0.4, -0.2) is 22.1 Å². The highest BCUT2D eigenvalue weighted by Gasteiger charge is 2.26. The molecule has 0 spiro atoms. The summed E-state index contributed by atoms with van der Waals surface area (Å²) in [4.78, 5) is 24.5. The number of aryl methyl sites for hydroxylation is 1. The number of amides is 1. The lowest BCUT2D eigenvalue weighted by atomic mass is 10.1. The smallest absolute Gasteiger partial charge is 0.343 e. The molecule has 0 saturated carbocycles. The lowest BCUT2D eigenvalue weighted by Crippen LogP contribution is -2.15. The third-order valence-corrected chi connectivity index (χ3v) is 4.15. The van der Waals surface area contributed by atoms with Gasteiger partial charge in [0.25, 0.3) is 5.91 Å². The predicted molar refractivity (Wildman–Crippen MR) is 85.9 cm³/mol. The molecule has 2 aromatic heterocycles. The van der Waals surface area contributed by atoms with E-state index in [0.29, 0.717) is 10.4 Å². The predicted octanol–water partition coefficient (Wildman–Crippen LogP) is 3.66. The lowest BCUT2D eigenvalue weighted by molar-refractivity contribution is 0.0698. The second-order valence-electron chi connectivity index (χ2n) is 4.79. The molecule has 1 aromatic carbocycles. The average molecular weight is 328 g/mol. The van der Waals surface area contributed by atoms with Crippen LogP contribution in [0.15, 0.2) is 46.3 Å². The van der Waals surface area contributed by atoms with Gasteiger partial charge in [-0.25, -0.2) is 4.79 Å². The van der Waals surface area contributed by atoms with Crippen molar-refractivity contribution in [2.75, 3.05) is 5.32 Å². The number of hydrogen-bond acceptors (Lipinski definition) is 5. The third-order valence-electron chi connectivity index (χ3n) is 3.28. The van der Waals surface area contributed by atoms with Crippen LogP contribution in [0.3, 0.4) is 0 Å². The first-order chi connectivity index (χ1) is 11.1. The summed E-state index contributed by atoms with van der Waals surface area (Å²) in [6.07, 6.45) is 0. The lowest BCUT2D eigenvalue weighted by Gasteiger charge is -2.05. The summed E-state index contributed by atoms with van der Waals surface area (Å²) in [6, 6.07) is 10.5. The van der Waals surface area contributed by atoms with Crippen molar-refractivity contribution in [3.05, 3.63) is 58.5 Å². The van der Waals surface area contributed by atoms with Crippen molar-refractivity contribution >= 4 is 29.1 Å². The maximum atomic E-state index is 12.3. The van der Waals surface area contributed by atoms with E-state index in [9.17, 15) is 14.7 Å². The number of hydrogen-bond donors (Lipinski definition) is 2. The Balaban J connectivity index is 1.97. The van der Waals surface area contributed by atoms with Crippen LogP contribution < -0.4 is 5.32 Å². The number of nitrogens with one attached hydrogen (secondary N) is 1. The molecule has 2 N–H and O–H groups in total. The molecule has 0 atom stereocenters. The summed E-state index contributed by atoms with van der Waals surface area (Å²) >= 11 is 1.34. The molecular formula is C16H12N2O4S. The molecule has 0 saturated heterocycles. The minimum Gasteiger partial charge on any atom is -0.477 e. The van der Waals surface area contributed by atoms with Crippen LogP contribution >= 0.6 is 11.3 Å². The van der Waals surface area contributed by atoms with E-state index in [4.69, 9.17) is 4.52 Å². The van der Waals surface area contributed by atoms with Gasteiger partial charge < -0.3 is 9.63 Å². The van der Waals surface area contributed by atoms with E-state index in [-0.39, 0.29) is 17.1 Å². The Morgan fingerprint density at radius 2 is 2.00 bits per heavy atom. The fourth-order valence-electron chi connectivity index (χ4n) is 2.15. The maximum Gasteiger partial charge on any atom is 0.343 e. The van der Waals surface area contributed by atoms with E-state index in [0.717, 1.165) is 5.56 Å². The van der Waals surface area contributed by atoms with Crippen LogP contribution in [0.2, 0.25) is 0 Å². The molecule has 0 bridgehead atoms. The molecule has 6 nitrogen and oxygen atoms in total. The zero-order chi connectivity index (χ0) is 16.4. The second-order valence-corrected chi connectivity index (χ2v) is 5.73. The van der Waals surface area contributed by atoms with Crippen LogP contribution in [0.4, 0.5) is 5.88 Å². The van der Waals surface area contributed by atoms with Crippen LogP contribution in [0.1, 0.15) is 26.3 Å². The largest absolute Gasteiger partial charge is 0.477 e. The van der Waals surface area contributed by atoms with Crippen molar-refractivity contribution in [3.8, 4) is 10.6 Å². The van der Waals surface area contributed by atoms with Gasteiger partial charge in [-0.1, -0.05) is 29.4 Å². The van der Waals surface area contributed by atoms with Crippen LogP contribution in [-0.2, 0) is 0 Å². The van der Waals surface area contributed by atoms with Gasteiger partial charge >= 0.3 is 5.97 Å². The van der Waals surface area contributed by atoms with Gasteiger partial charge in [0.2, 0.25) is 5.88 Å². The monoisotopic (exact) mass is 328 g/mol. The highest BCUT2D eigenvalue weighted by Crippen LogP contribution is 2.32. The van der Waals surface area contributed by atoms with Crippen molar-refractivity contribution in [1.29, 1.82) is 0 Å². The van der Waals surface area contributed by atoms with Gasteiger partial charge in [-0.05, 0) is 30.0 Å². The van der Waals surface area contributed by atoms with Crippen LogP contribution in [0.25, 0.3) is 10.6 Å². The number of aromatic nitrogens is 1. The highest BCUT2D eigenvalue weighted by molar-refractivity contribution is 7.13. The second kappa shape index (κ2) is 6.05. The number of benzene rings is 1. The van der Waals surface area contributed by atoms with Crippen molar-refractivity contribution in [3.63, 3.8) is 0 Å². The van der Waals surface area contributed by atoms with E-state index < -0.39 is 11.9 Å². The summed E-state index contributed by atoms with van der Waals surface area (Å²) in [7, 11) is 0. The van der Waals surface area contributed by atoms with E-state index >= 15 is 0 Å². The van der Waals surface area contributed by atoms with E-state index in [1.54, 1.807) is 42.6 Å². The molecule has 0 unspecified atom stereocenters. The number of anilines is 1. The molecule has 0 aliphatic heterocycles. The van der Waals surface area contributed by atoms with Gasteiger partial charge in [0.15, 0.2) is 5.56 Å². The van der Waals surface area contributed by atoms with Crippen molar-refractivity contribution in [2.45, 2.75) is 6.92 Å². The minimum absolute atomic E-state index is 0.158. The molecule has 23 heavy (non-hydrogen) atoms. The Morgan fingerprint density at radius 1 is 1.22 bits per heavy atom. The summed E-state index contributed by atoms with van der Waals surface area (Å²) < 4.78 is 5.06. The fraction of sp³-hybridized carbons (Fsp3) is 0.0625. The first-order valence-electron chi connectivity index (χ1n) is 6.71. The number of rotatable bonds is 4. The van der Waals surface area contributed by atoms with Gasteiger partial charge in [-0.3, -0.25) is 10.1 Å². The quantitative estimate of drug-likeness (QED) is 0.762. The Bertz CT molecular complexity index is 868. The van der Waals surface area contributed by atoms with Crippen LogP contribution in [0.5, 0.6) is 0 Å². The number of carbonyl (C=O) groups is 2. The van der Waals surface area contributed by atoms with Crippen molar-refractivity contribution in [2.24, 2.45) is 0 Å². The van der Waals surface area contributed by atoms with Gasteiger partial charge in [0, 0.05) is 5.56 Å². The zero-order valence-electron chi connectivity index (χ0n) is 12.1. The molecule has 3 rings (SSSR count). The van der Waals surface area contributed by atoms with Gasteiger partial charge in [0.1, 0.15) is 5.69 Å². The Kier molecular flexibility index (Phi) is 3.94. The van der Waals surface area contributed by atoms with Gasteiger partial charge in [0.05, 0.1) is 4.88 Å². The standard InChI is InChI=1S/C16H12N2O4S/c1-9-5-2-3-6-10(9)14(19)17-15-12(16(20)21)13(18-22-15)11-7-4-8-23-11/h2-8H,1H3,(H,17,19)(H,20,21). The normalized spacial score (nSPS) is 10.5. The molecule has 1 amide bonds. The molecular weight excluding hydrogens is 316 g/mol. The van der Waals surface area contributed by atoms with E-state index in [2.05, 4.69) is 10.5 Å². The number of carboxylic acid groups (broad SMARTS) is 1. The maximum absolute atomic E-state index is 12.3. The summed E-state index contributed by atoms with van der Waals surface area (Å²) in [5.41, 5.74) is 1.26. The Morgan fingerprint density at radius 3 is 2.65 bits per heavy atom. The summed E-state index contributed by atoms with van der Waals surface area (Å²) in [5.74, 6) is -1.83. The first-order valence-corrected chi connectivity index (χ1v) is 7.59. The molecule has 0 fully saturated rings. The SMILES string of the molecule is Cc1ccccc1C(=O)Nc1onc(-c2cccs2)c1C(=O)O. The Labute approximate surface area is 135 Å². The van der Waals surface area contributed by atoms with Gasteiger partial charge in [-0.2, -0.15) is 0 Å². The van der Waals surface area contributed by atoms with E-state index in [1.165, 1.54) is 11.3 Å². The number of aromatic carboxylic acids is 1.